The van der Waals surface area contributed by atoms with Crippen molar-refractivity contribution in [2.24, 2.45) is 92.7 Å². The predicted molar refractivity (Wildman–Crippen MR) is 517 cm³/mol. The lowest BCUT2D eigenvalue weighted by Gasteiger charge is -2.60. The number of carbonyl (C=O) groups excluding carboxylic acids is 4. The summed E-state index contributed by atoms with van der Waals surface area (Å²) in [7, 11) is 0. The van der Waals surface area contributed by atoms with Crippen LogP contribution in [0.2, 0.25) is 20.1 Å². The molecule has 0 spiro atoms. The highest BCUT2D eigenvalue weighted by Crippen LogP contribution is 2.65. The number of carbonyl (C=O) groups is 4. The summed E-state index contributed by atoms with van der Waals surface area (Å²) in [5, 5.41) is 35.1. The summed E-state index contributed by atoms with van der Waals surface area (Å²) < 4.78 is 115. The molecule has 4 N–H and O–H groups in total. The maximum atomic E-state index is 14.7. The minimum absolute atomic E-state index is 0.0256. The normalized spacial score (nSPS) is 23.3. The van der Waals surface area contributed by atoms with Gasteiger partial charge in [0.1, 0.15) is 78.9 Å². The van der Waals surface area contributed by atoms with E-state index in [-0.39, 0.29) is 74.6 Å². The zero-order chi connectivity index (χ0) is 95.1. The zero-order valence-corrected chi connectivity index (χ0v) is 80.7. The molecule has 16 aromatic rings. The van der Waals surface area contributed by atoms with Gasteiger partial charge in [-0.25, -0.2) is 45.1 Å². The lowest BCUT2D eigenvalue weighted by molar-refractivity contribution is -0.103. The van der Waals surface area contributed by atoms with Gasteiger partial charge in [-0.15, -0.1) is 0 Å². The number of halogens is 11. The van der Waals surface area contributed by atoms with Crippen LogP contribution in [0.15, 0.2) is 168 Å². The molecule has 136 heavy (non-hydrogen) atoms. The molecule has 28 rings (SSSR count). The fourth-order valence-electron chi connectivity index (χ4n) is 24.6. The maximum absolute atomic E-state index is 14.7. The van der Waals surface area contributed by atoms with Crippen LogP contribution in [0.5, 0.6) is 0 Å². The lowest BCUT2D eigenvalue weighted by atomic mass is 9.45. The number of amides is 4. The number of hydrogen-bond acceptors (Lipinski definition) is 12. The smallest absolute Gasteiger partial charge is 0.275 e. The van der Waals surface area contributed by atoms with Gasteiger partial charge >= 0.3 is 0 Å². The molecular weight excluding hydrogens is 1890 g/mol. The molecule has 0 saturated heterocycles. The Labute approximate surface area is 806 Å². The molecule has 12 aliphatic carbocycles. The Morgan fingerprint density at radius 1 is 0.353 bits per heavy atom. The Morgan fingerprint density at radius 3 is 0.926 bits per heavy atom. The average molecular weight is 1990 g/mol. The molecular formula is C105H99BrCl4F6N12O8. The quantitative estimate of drug-likeness (QED) is 0.0661. The van der Waals surface area contributed by atoms with Crippen molar-refractivity contribution in [3.63, 3.8) is 0 Å². The number of aromatic nitrogens is 8. The number of rotatable bonds is 16. The first-order valence-electron chi connectivity index (χ1n) is 46.6. The van der Waals surface area contributed by atoms with Crippen molar-refractivity contribution >= 4 is 174 Å². The van der Waals surface area contributed by atoms with Crippen molar-refractivity contribution < 1.29 is 63.2 Å². The summed E-state index contributed by atoms with van der Waals surface area (Å²) >= 11 is 28.4. The first-order chi connectivity index (χ1) is 64.9. The van der Waals surface area contributed by atoms with E-state index in [1.807, 2.05) is 43.3 Å². The number of fused-ring (bicyclic) bond motifs is 20. The molecule has 8 bridgehead atoms. The van der Waals surface area contributed by atoms with Gasteiger partial charge < -0.3 is 38.9 Å². The van der Waals surface area contributed by atoms with E-state index in [4.69, 9.17) is 64.1 Å². The van der Waals surface area contributed by atoms with Gasteiger partial charge in [0.2, 0.25) is 0 Å². The zero-order valence-electron chi connectivity index (χ0n) is 76.1. The molecule has 12 fully saturated rings. The van der Waals surface area contributed by atoms with Crippen LogP contribution in [0.25, 0.3) is 111 Å². The monoisotopic (exact) mass is 1990 g/mol. The van der Waals surface area contributed by atoms with E-state index < -0.39 is 34.9 Å². The Morgan fingerprint density at radius 2 is 0.625 bits per heavy atom. The third kappa shape index (κ3) is 15.7. The SMILES string of the molecule is CC1(C)C2CCC(CNC(=O)c3nn(-c4ccc(Cl)cc4Cl)c4c3oc3cc(Cl)ccc34)C1C2.CC1(C)C2CCC(CNC(=O)c3nn(-c4ccc(F)cc4F)c4c3oc3cc(Br)ccc34)C1C2.CC1(C)C2CCC(CNC(=O)c3nn(-c4ccc(F)cc4F)c4c3oc3cc(Cl)ccc34)C1C2.Cc1ccc2c(c1)oc1c(C(=O)NCC3CCC4CC3C4(C)C)nn(-c3ccc(F)cc3F)c12. The summed E-state index contributed by atoms with van der Waals surface area (Å²) in [6.45, 7) is 23.0. The van der Waals surface area contributed by atoms with Crippen LogP contribution in [0.4, 0.5) is 26.3 Å². The highest BCUT2D eigenvalue weighted by Gasteiger charge is 2.58. The largest absolute Gasteiger partial charge is 0.452 e. The number of aryl methyl sites for hydroxylation is 1. The van der Waals surface area contributed by atoms with E-state index in [1.165, 1.54) is 95.7 Å². The Hall–Kier alpha value is -11.1. The molecule has 12 aliphatic rings. The van der Waals surface area contributed by atoms with Gasteiger partial charge in [0, 0.05) is 97.6 Å². The number of hydrogen-bond donors (Lipinski definition) is 4. The van der Waals surface area contributed by atoms with Crippen molar-refractivity contribution in [3.05, 3.63) is 233 Å². The molecule has 704 valence electrons. The third-order valence-corrected chi connectivity index (χ3v) is 34.2. The van der Waals surface area contributed by atoms with Crippen molar-refractivity contribution in [3.8, 4) is 22.7 Å². The molecule has 4 amide bonds. The number of nitrogens with one attached hydrogen (secondary N) is 4. The molecule has 8 aromatic carbocycles. The van der Waals surface area contributed by atoms with E-state index in [9.17, 15) is 45.5 Å². The van der Waals surface area contributed by atoms with Crippen LogP contribution >= 0.6 is 62.3 Å². The van der Waals surface area contributed by atoms with Gasteiger partial charge in [0.05, 0.1) is 10.7 Å². The highest BCUT2D eigenvalue weighted by molar-refractivity contribution is 9.10. The third-order valence-electron chi connectivity index (χ3n) is 32.7. The second kappa shape index (κ2) is 34.5. The van der Waals surface area contributed by atoms with Gasteiger partial charge in [0.15, 0.2) is 62.6 Å². The Balaban J connectivity index is 0.000000108. The number of benzene rings is 8. The van der Waals surface area contributed by atoms with Crippen LogP contribution in [0.1, 0.15) is 180 Å². The standard InChI is InChI=1S/C27H27F2N3O2.C26H24BrF2N3O2.C26H24Cl3N3O2.C26H24ClF2N3O2/c1-14-4-8-18-22(10-14)34-25-23(31-32(24(18)25)21-9-7-17(28)12-20(21)29)26(33)30-13-15-5-6-16-11-19(15)27(16,2)3;1-26(2)14-4-3-13(18(26)9-14)12-30-25(33)22-24-23(17-7-5-15(27)10-21(17)34-24)32(31-22)20-8-6-16(28)11-19(20)29;1-26(2)14-4-3-13(18(26)9-14)12-30-25(33)22-24-23(17-7-5-16(28)11-21(17)34-24)32(31-22)20-8-6-15(27)10-19(20)29;1-26(2)14-4-3-13(18(26)9-14)12-30-25(33)22-24-23(17-7-5-15(27)10-21(17)34-24)32(31-22)20-8-6-16(28)11-19(20)29/h4,7-10,12,15-16,19H,5-6,11,13H2,1-3H3,(H,30,33);3*5-8,10-11,13-14,18H,3-4,9,12H2,1-2H3,(H,30,33). The molecule has 20 nitrogen and oxygen atoms in total. The van der Waals surface area contributed by atoms with Gasteiger partial charge in [-0.3, -0.25) is 19.2 Å². The van der Waals surface area contributed by atoms with Crippen molar-refractivity contribution in [2.75, 3.05) is 26.2 Å². The van der Waals surface area contributed by atoms with E-state index in [1.54, 1.807) is 59.3 Å². The minimum atomic E-state index is -0.788. The first kappa shape index (κ1) is 91.3. The predicted octanol–water partition coefficient (Wildman–Crippen LogP) is 26.8. The summed E-state index contributed by atoms with van der Waals surface area (Å²) in [5.41, 5.74) is 9.06. The van der Waals surface area contributed by atoms with Crippen LogP contribution in [-0.2, 0) is 0 Å². The fourth-order valence-corrected chi connectivity index (χ4v) is 25.7. The van der Waals surface area contributed by atoms with E-state index in [2.05, 4.69) is 113 Å². The molecule has 8 aromatic heterocycles. The van der Waals surface area contributed by atoms with Gasteiger partial charge in [-0.1, -0.05) is 124 Å². The van der Waals surface area contributed by atoms with Crippen molar-refractivity contribution in [2.45, 2.75) is 139 Å². The molecule has 12 saturated carbocycles. The first-order valence-corrected chi connectivity index (χ1v) is 48.9. The molecule has 0 aliphatic heterocycles. The molecule has 8 heterocycles. The van der Waals surface area contributed by atoms with Crippen LogP contribution < -0.4 is 21.3 Å². The minimum Gasteiger partial charge on any atom is -0.452 e. The average Bonchev–Trinajstić information content (AvgIpc) is 1.71. The number of furan rings is 4. The lowest BCUT2D eigenvalue weighted by Crippen LogP contribution is -2.54. The summed E-state index contributed by atoms with van der Waals surface area (Å²) in [4.78, 5) is 53.3. The molecule has 12 atom stereocenters. The summed E-state index contributed by atoms with van der Waals surface area (Å²) in [5.74, 6) is 1.76. The van der Waals surface area contributed by atoms with Crippen LogP contribution in [0, 0.1) is 135 Å². The molecule has 12 unspecified atom stereocenters. The summed E-state index contributed by atoms with van der Waals surface area (Å²) in [6, 6.07) is 36.6. The molecule has 31 heteroatoms. The summed E-state index contributed by atoms with van der Waals surface area (Å²) in [6.07, 6.45) is 14.3. The maximum Gasteiger partial charge on any atom is 0.275 e. The Kier molecular flexibility index (Phi) is 23.2. The van der Waals surface area contributed by atoms with Crippen LogP contribution in [-0.4, -0.2) is 88.9 Å². The Bertz CT molecular complexity index is 6700. The second-order valence-electron chi connectivity index (χ2n) is 41.1. The second-order valence-corrected chi connectivity index (χ2v) is 43.7. The van der Waals surface area contributed by atoms with Crippen LogP contribution in [0.3, 0.4) is 0 Å². The van der Waals surface area contributed by atoms with Gasteiger partial charge in [-0.2, -0.15) is 20.4 Å². The van der Waals surface area contributed by atoms with Gasteiger partial charge in [0.25, 0.3) is 23.6 Å². The fraction of sp³-hybridized carbons (Fsp3) is 0.390. The highest BCUT2D eigenvalue weighted by atomic mass is 79.9. The van der Waals surface area contributed by atoms with E-state index in [0.29, 0.717) is 193 Å². The van der Waals surface area contributed by atoms with Crippen molar-refractivity contribution in [1.82, 2.24) is 60.4 Å². The molecule has 0 radical (unpaired) electrons. The number of nitrogens with zero attached hydrogens (tertiary/aromatic N) is 8. The van der Waals surface area contributed by atoms with Crippen molar-refractivity contribution in [1.29, 1.82) is 0 Å². The van der Waals surface area contributed by atoms with E-state index >= 15 is 0 Å². The topological polar surface area (TPSA) is 240 Å². The van der Waals surface area contributed by atoms with E-state index in [0.717, 1.165) is 89.0 Å². The van der Waals surface area contributed by atoms with Gasteiger partial charge in [-0.05, 0) is 291 Å².